The zero-order valence-corrected chi connectivity index (χ0v) is 10.3. The lowest BCUT2D eigenvalue weighted by Gasteiger charge is -2.11. The highest BCUT2D eigenvalue weighted by Crippen LogP contribution is 2.09. The summed E-state index contributed by atoms with van der Waals surface area (Å²) >= 11 is 5.71. The number of carboxylic acid groups (broad SMARTS) is 1. The van der Waals surface area contributed by atoms with E-state index >= 15 is 0 Å². The molecule has 0 radical (unpaired) electrons. The van der Waals surface area contributed by atoms with Gasteiger partial charge in [0.1, 0.15) is 6.04 Å². The Kier molecular flexibility index (Phi) is 5.22. The van der Waals surface area contributed by atoms with E-state index in [1.807, 2.05) is 0 Å². The van der Waals surface area contributed by atoms with E-state index < -0.39 is 12.0 Å². The molecule has 0 spiro atoms. The molecule has 1 amide bonds. The van der Waals surface area contributed by atoms with Crippen molar-refractivity contribution in [3.05, 3.63) is 34.9 Å². The van der Waals surface area contributed by atoms with Crippen LogP contribution in [0.5, 0.6) is 0 Å². The first-order chi connectivity index (χ1) is 8.52. The van der Waals surface area contributed by atoms with Crippen molar-refractivity contribution in [1.29, 1.82) is 0 Å². The summed E-state index contributed by atoms with van der Waals surface area (Å²) in [5, 5.41) is 11.8. The Morgan fingerprint density at radius 3 is 2.50 bits per heavy atom. The van der Waals surface area contributed by atoms with E-state index in [0.717, 1.165) is 5.56 Å². The first-order valence-electron chi connectivity index (χ1n) is 5.23. The second-order valence-corrected chi connectivity index (χ2v) is 4.11. The lowest BCUT2D eigenvalue weighted by atomic mass is 10.1. The Bertz CT molecular complexity index is 476. The Hall–Kier alpha value is -1.99. The van der Waals surface area contributed by atoms with Crippen molar-refractivity contribution in [2.24, 2.45) is 0 Å². The SMILES string of the molecule is C#CCC(NC(=O)Cc1ccc(Cl)cc1)C(=O)O. The summed E-state index contributed by atoms with van der Waals surface area (Å²) in [6, 6.07) is 5.70. The number of nitrogens with one attached hydrogen (secondary N) is 1. The van der Waals surface area contributed by atoms with Crippen LogP contribution < -0.4 is 5.32 Å². The van der Waals surface area contributed by atoms with Crippen molar-refractivity contribution < 1.29 is 14.7 Å². The molecule has 5 heteroatoms. The Balaban J connectivity index is 2.58. The smallest absolute Gasteiger partial charge is 0.327 e. The summed E-state index contributed by atoms with van der Waals surface area (Å²) in [6.07, 6.45) is 5.08. The van der Waals surface area contributed by atoms with Gasteiger partial charge in [-0.2, -0.15) is 0 Å². The van der Waals surface area contributed by atoms with Gasteiger partial charge >= 0.3 is 5.97 Å². The molecule has 0 aliphatic carbocycles. The topological polar surface area (TPSA) is 66.4 Å². The molecule has 0 heterocycles. The summed E-state index contributed by atoms with van der Waals surface area (Å²) < 4.78 is 0. The molecular formula is C13H12ClNO3. The molecule has 0 aliphatic rings. The van der Waals surface area contributed by atoms with Gasteiger partial charge in [-0.25, -0.2) is 4.79 Å². The van der Waals surface area contributed by atoms with Gasteiger partial charge in [-0.3, -0.25) is 4.79 Å². The number of carboxylic acids is 1. The molecule has 0 aromatic heterocycles. The van der Waals surface area contributed by atoms with Crippen LogP contribution in [-0.4, -0.2) is 23.0 Å². The van der Waals surface area contributed by atoms with Crippen LogP contribution >= 0.6 is 11.6 Å². The summed E-state index contributed by atoms with van der Waals surface area (Å²) in [5.74, 6) is 0.683. The zero-order valence-electron chi connectivity index (χ0n) is 9.52. The summed E-state index contributed by atoms with van der Waals surface area (Å²) in [5.41, 5.74) is 0.752. The maximum Gasteiger partial charge on any atom is 0.327 e. The molecule has 1 unspecified atom stereocenters. The number of hydrogen-bond donors (Lipinski definition) is 2. The minimum absolute atomic E-state index is 0.0400. The van der Waals surface area contributed by atoms with Crippen LogP contribution in [0.3, 0.4) is 0 Å². The van der Waals surface area contributed by atoms with E-state index in [9.17, 15) is 9.59 Å². The van der Waals surface area contributed by atoms with Crippen LogP contribution in [0.2, 0.25) is 5.02 Å². The normalized spacial score (nSPS) is 11.3. The van der Waals surface area contributed by atoms with E-state index in [1.54, 1.807) is 24.3 Å². The van der Waals surface area contributed by atoms with Crippen molar-refractivity contribution in [2.75, 3.05) is 0 Å². The fraction of sp³-hybridized carbons (Fsp3) is 0.231. The lowest BCUT2D eigenvalue weighted by Crippen LogP contribution is -2.41. The molecule has 0 saturated heterocycles. The largest absolute Gasteiger partial charge is 0.480 e. The van der Waals surface area contributed by atoms with Crippen molar-refractivity contribution in [3.63, 3.8) is 0 Å². The van der Waals surface area contributed by atoms with Gasteiger partial charge in [-0.05, 0) is 17.7 Å². The van der Waals surface area contributed by atoms with Gasteiger partial charge in [0, 0.05) is 11.4 Å². The quantitative estimate of drug-likeness (QED) is 0.793. The molecule has 1 atom stereocenters. The third kappa shape index (κ3) is 4.48. The van der Waals surface area contributed by atoms with Gasteiger partial charge in [-0.1, -0.05) is 23.7 Å². The molecule has 0 aliphatic heterocycles. The summed E-state index contributed by atoms with van der Waals surface area (Å²) in [4.78, 5) is 22.4. The number of hydrogen-bond acceptors (Lipinski definition) is 2. The van der Waals surface area contributed by atoms with Crippen LogP contribution in [0.4, 0.5) is 0 Å². The number of carbonyl (C=O) groups is 2. The molecule has 0 saturated carbocycles. The van der Waals surface area contributed by atoms with Crippen molar-refractivity contribution >= 4 is 23.5 Å². The van der Waals surface area contributed by atoms with E-state index in [1.165, 1.54) is 0 Å². The van der Waals surface area contributed by atoms with Gasteiger partial charge in [0.2, 0.25) is 5.91 Å². The second kappa shape index (κ2) is 6.67. The van der Waals surface area contributed by atoms with E-state index in [-0.39, 0.29) is 18.7 Å². The van der Waals surface area contributed by atoms with Gasteiger partial charge < -0.3 is 10.4 Å². The predicted molar refractivity (Wildman–Crippen MR) is 68.2 cm³/mol. The van der Waals surface area contributed by atoms with Crippen LogP contribution in [0, 0.1) is 12.3 Å². The summed E-state index contributed by atoms with van der Waals surface area (Å²) in [7, 11) is 0. The number of amides is 1. The van der Waals surface area contributed by atoms with Gasteiger partial charge in [-0.15, -0.1) is 12.3 Å². The second-order valence-electron chi connectivity index (χ2n) is 3.67. The highest BCUT2D eigenvalue weighted by Gasteiger charge is 2.18. The minimum Gasteiger partial charge on any atom is -0.480 e. The Morgan fingerprint density at radius 2 is 2.00 bits per heavy atom. The van der Waals surface area contributed by atoms with Gasteiger partial charge in [0.15, 0.2) is 0 Å². The Labute approximate surface area is 110 Å². The van der Waals surface area contributed by atoms with Crippen molar-refractivity contribution in [1.82, 2.24) is 5.32 Å². The molecule has 0 bridgehead atoms. The molecule has 4 nitrogen and oxygen atoms in total. The molecular weight excluding hydrogens is 254 g/mol. The number of terminal acetylenes is 1. The average Bonchev–Trinajstić information content (AvgIpc) is 2.31. The molecule has 1 aromatic carbocycles. The van der Waals surface area contributed by atoms with Crippen molar-refractivity contribution in [3.8, 4) is 12.3 Å². The third-order valence-corrected chi connectivity index (χ3v) is 2.49. The number of aliphatic carboxylic acids is 1. The maximum absolute atomic E-state index is 11.6. The van der Waals surface area contributed by atoms with E-state index in [0.29, 0.717) is 5.02 Å². The third-order valence-electron chi connectivity index (χ3n) is 2.23. The van der Waals surface area contributed by atoms with E-state index in [4.69, 9.17) is 23.1 Å². The first kappa shape index (κ1) is 14.1. The first-order valence-corrected chi connectivity index (χ1v) is 5.61. The van der Waals surface area contributed by atoms with Crippen LogP contribution in [0.1, 0.15) is 12.0 Å². The van der Waals surface area contributed by atoms with Crippen LogP contribution in [-0.2, 0) is 16.0 Å². The van der Waals surface area contributed by atoms with E-state index in [2.05, 4.69) is 11.2 Å². The van der Waals surface area contributed by atoms with Crippen LogP contribution in [0.25, 0.3) is 0 Å². The molecule has 0 fully saturated rings. The molecule has 94 valence electrons. The molecule has 18 heavy (non-hydrogen) atoms. The highest BCUT2D eigenvalue weighted by atomic mass is 35.5. The maximum atomic E-state index is 11.6. The molecule has 2 N–H and O–H groups in total. The lowest BCUT2D eigenvalue weighted by molar-refractivity contribution is -0.141. The number of rotatable bonds is 5. The predicted octanol–water partition coefficient (Wildman–Crippen LogP) is 1.48. The highest BCUT2D eigenvalue weighted by molar-refractivity contribution is 6.30. The fourth-order valence-electron chi connectivity index (χ4n) is 1.35. The van der Waals surface area contributed by atoms with Gasteiger partial charge in [0.25, 0.3) is 0 Å². The standard InChI is InChI=1S/C13H12ClNO3/c1-2-3-11(13(17)18)15-12(16)8-9-4-6-10(14)7-5-9/h1,4-7,11H,3,8H2,(H,15,16)(H,17,18). The minimum atomic E-state index is -1.14. The van der Waals surface area contributed by atoms with Crippen LogP contribution in [0.15, 0.2) is 24.3 Å². The summed E-state index contributed by atoms with van der Waals surface area (Å²) in [6.45, 7) is 0. The molecule has 1 aromatic rings. The molecule has 1 rings (SSSR count). The van der Waals surface area contributed by atoms with Crippen molar-refractivity contribution in [2.45, 2.75) is 18.9 Å². The zero-order chi connectivity index (χ0) is 13.5. The fourth-order valence-corrected chi connectivity index (χ4v) is 1.48. The number of benzene rings is 1. The van der Waals surface area contributed by atoms with Gasteiger partial charge in [0.05, 0.1) is 6.42 Å². The average molecular weight is 266 g/mol. The number of halogens is 1. The Morgan fingerprint density at radius 1 is 1.39 bits per heavy atom. The number of carbonyl (C=O) groups excluding carboxylic acids is 1. The monoisotopic (exact) mass is 265 g/mol.